The van der Waals surface area contributed by atoms with E-state index in [1.165, 1.54) is 0 Å². The van der Waals surface area contributed by atoms with Gasteiger partial charge in [0.2, 0.25) is 0 Å². The molecule has 26 heavy (non-hydrogen) atoms. The van der Waals surface area contributed by atoms with Crippen molar-refractivity contribution in [2.75, 3.05) is 19.7 Å². The molecule has 0 N–H and O–H groups in total. The van der Waals surface area contributed by atoms with Crippen LogP contribution in [0.4, 0.5) is 4.79 Å². The topological polar surface area (TPSA) is 65.1 Å². The Morgan fingerprint density at radius 2 is 1.69 bits per heavy atom. The number of esters is 1. The average molecular weight is 388 g/mol. The van der Waals surface area contributed by atoms with E-state index in [0.29, 0.717) is 13.2 Å². The van der Waals surface area contributed by atoms with Crippen LogP contribution in [0.3, 0.4) is 0 Å². The molecule has 1 aliphatic heterocycles. The molecule has 6 nitrogen and oxygen atoms in total. The van der Waals surface area contributed by atoms with E-state index in [4.69, 9.17) is 13.9 Å². The molecular weight excluding hydrogens is 350 g/mol. The van der Waals surface area contributed by atoms with Crippen molar-refractivity contribution in [2.24, 2.45) is 5.41 Å². The number of hydrogen-bond acceptors (Lipinski definition) is 5. The third-order valence-electron chi connectivity index (χ3n) is 5.25. The molecule has 0 bridgehead atoms. The lowest BCUT2D eigenvalue weighted by Crippen LogP contribution is -2.50. The van der Waals surface area contributed by atoms with Crippen molar-refractivity contribution in [1.82, 2.24) is 4.90 Å². The molecule has 152 valence electrons. The Bertz CT molecular complexity index is 535. The van der Waals surface area contributed by atoms with Crippen LogP contribution in [0, 0.1) is 5.41 Å². The van der Waals surface area contributed by atoms with Gasteiger partial charge in [-0.2, -0.15) is 0 Å². The van der Waals surface area contributed by atoms with Crippen LogP contribution in [0.25, 0.3) is 0 Å². The molecule has 1 saturated heterocycles. The molecule has 0 aromatic heterocycles. The molecule has 1 heterocycles. The third kappa shape index (κ3) is 5.22. The Morgan fingerprint density at radius 1 is 1.15 bits per heavy atom. The number of nitrogens with zero attached hydrogens (tertiary/aromatic N) is 1. The monoisotopic (exact) mass is 387 g/mol. The fourth-order valence-corrected chi connectivity index (χ4v) is 4.02. The van der Waals surface area contributed by atoms with Gasteiger partial charge >= 0.3 is 12.1 Å². The summed E-state index contributed by atoms with van der Waals surface area (Å²) >= 11 is 0. The van der Waals surface area contributed by atoms with Crippen LogP contribution in [-0.4, -0.2) is 56.7 Å². The molecule has 1 amide bonds. The maximum atomic E-state index is 12.7. The van der Waals surface area contributed by atoms with Crippen LogP contribution in [0.1, 0.15) is 55.4 Å². The highest BCUT2D eigenvalue weighted by Gasteiger charge is 2.55. The lowest BCUT2D eigenvalue weighted by atomic mass is 9.87. The highest BCUT2D eigenvalue weighted by Crippen LogP contribution is 2.42. The van der Waals surface area contributed by atoms with E-state index < -0.39 is 31.5 Å². The summed E-state index contributed by atoms with van der Waals surface area (Å²) in [4.78, 5) is 26.8. The molecule has 0 radical (unpaired) electrons. The predicted octanol–water partition coefficient (Wildman–Crippen LogP) is 4.20. The van der Waals surface area contributed by atoms with Crippen molar-refractivity contribution in [1.29, 1.82) is 0 Å². The number of carbonyl (C=O) groups excluding carboxylic acids is 2. The largest absolute Gasteiger partial charge is 0.465 e. The summed E-state index contributed by atoms with van der Waals surface area (Å²) in [7, 11) is -2.13. The van der Waals surface area contributed by atoms with Crippen molar-refractivity contribution in [2.45, 2.75) is 85.2 Å². The van der Waals surface area contributed by atoms with Crippen LogP contribution >= 0.6 is 0 Å². The number of rotatable bonds is 4. The maximum Gasteiger partial charge on any atom is 0.410 e. The van der Waals surface area contributed by atoms with E-state index in [0.717, 1.165) is 0 Å². The summed E-state index contributed by atoms with van der Waals surface area (Å²) in [5.41, 5.74) is -1.49. The summed E-state index contributed by atoms with van der Waals surface area (Å²) in [6.07, 6.45) is -0.829. The van der Waals surface area contributed by atoms with Gasteiger partial charge < -0.3 is 18.8 Å². The number of carbonyl (C=O) groups is 2. The van der Waals surface area contributed by atoms with Gasteiger partial charge in [-0.3, -0.25) is 4.79 Å². The van der Waals surface area contributed by atoms with Gasteiger partial charge in [-0.15, -0.1) is 0 Å². The van der Waals surface area contributed by atoms with E-state index in [9.17, 15) is 9.59 Å². The Kier molecular flexibility index (Phi) is 6.62. The summed E-state index contributed by atoms with van der Waals surface area (Å²) in [6.45, 7) is 20.7. The van der Waals surface area contributed by atoms with Crippen LogP contribution in [0.2, 0.25) is 18.1 Å². The Hall–Kier alpha value is -1.08. The first-order chi connectivity index (χ1) is 11.5. The van der Waals surface area contributed by atoms with E-state index in [-0.39, 0.29) is 17.6 Å². The van der Waals surface area contributed by atoms with Crippen LogP contribution in [0.15, 0.2) is 0 Å². The van der Waals surface area contributed by atoms with E-state index in [1.54, 1.807) is 11.8 Å². The van der Waals surface area contributed by atoms with Gasteiger partial charge in [0, 0.05) is 6.54 Å². The zero-order valence-electron chi connectivity index (χ0n) is 18.2. The van der Waals surface area contributed by atoms with Crippen molar-refractivity contribution in [3.8, 4) is 0 Å². The number of hydrogen-bond donors (Lipinski definition) is 0. The third-order valence-corrected chi connectivity index (χ3v) is 9.74. The molecule has 0 spiro atoms. The van der Waals surface area contributed by atoms with Crippen molar-refractivity contribution < 1.29 is 23.5 Å². The first kappa shape index (κ1) is 23.0. The standard InChI is InChI=1S/C19H37NO5Si/c1-11-23-15(21)19(8)13-20(16(22)24-17(2,3)4)12-14(19)25-26(9,10)18(5,6)7/h14H,11-13H2,1-10H3. The minimum Gasteiger partial charge on any atom is -0.465 e. The van der Waals surface area contributed by atoms with Gasteiger partial charge in [-0.25, -0.2) is 4.79 Å². The fraction of sp³-hybridized carbons (Fsp3) is 0.895. The lowest BCUT2D eigenvalue weighted by molar-refractivity contribution is -0.157. The number of amides is 1. The molecule has 1 rings (SSSR count). The zero-order valence-corrected chi connectivity index (χ0v) is 19.2. The first-order valence-corrected chi connectivity index (χ1v) is 12.3. The smallest absolute Gasteiger partial charge is 0.410 e. The van der Waals surface area contributed by atoms with Crippen LogP contribution in [0.5, 0.6) is 0 Å². The molecule has 1 aliphatic rings. The molecule has 2 atom stereocenters. The van der Waals surface area contributed by atoms with Gasteiger partial charge in [0.15, 0.2) is 8.32 Å². The van der Waals surface area contributed by atoms with Gasteiger partial charge in [0.1, 0.15) is 11.0 Å². The summed E-state index contributed by atoms with van der Waals surface area (Å²) in [5, 5.41) is 0.00189. The van der Waals surface area contributed by atoms with Gasteiger partial charge in [0.05, 0.1) is 19.3 Å². The summed E-state index contributed by atoms with van der Waals surface area (Å²) in [5.74, 6) is -0.324. The van der Waals surface area contributed by atoms with Gasteiger partial charge in [-0.1, -0.05) is 20.8 Å². The summed E-state index contributed by atoms with van der Waals surface area (Å²) in [6, 6.07) is 0. The predicted molar refractivity (Wildman–Crippen MR) is 105 cm³/mol. The van der Waals surface area contributed by atoms with Crippen molar-refractivity contribution in [3.05, 3.63) is 0 Å². The maximum absolute atomic E-state index is 12.7. The quantitative estimate of drug-likeness (QED) is 0.534. The second kappa shape index (κ2) is 7.50. The van der Waals surface area contributed by atoms with E-state index in [1.807, 2.05) is 27.7 Å². The molecule has 1 fully saturated rings. The van der Waals surface area contributed by atoms with E-state index >= 15 is 0 Å². The van der Waals surface area contributed by atoms with Crippen LogP contribution in [-0.2, 0) is 18.7 Å². The molecule has 7 heteroatoms. The molecule has 0 aromatic carbocycles. The minimum absolute atomic E-state index is 0.00189. The lowest BCUT2D eigenvalue weighted by Gasteiger charge is -2.41. The SMILES string of the molecule is CCOC(=O)C1(C)CN(C(=O)OC(C)(C)C)CC1O[Si](C)(C)C(C)(C)C. The first-order valence-electron chi connectivity index (χ1n) is 9.36. The Balaban J connectivity index is 3.11. The highest BCUT2D eigenvalue weighted by molar-refractivity contribution is 6.74. The molecule has 0 saturated carbocycles. The second-order valence-electron chi connectivity index (χ2n) is 9.87. The molecule has 2 unspecified atom stereocenters. The molecule has 0 aromatic rings. The van der Waals surface area contributed by atoms with Crippen LogP contribution < -0.4 is 0 Å². The Morgan fingerprint density at radius 3 is 2.12 bits per heavy atom. The normalized spacial score (nSPS) is 24.5. The van der Waals surface area contributed by atoms with Crippen molar-refractivity contribution in [3.63, 3.8) is 0 Å². The average Bonchev–Trinajstić information content (AvgIpc) is 2.74. The zero-order chi connectivity index (χ0) is 20.6. The van der Waals surface area contributed by atoms with E-state index in [2.05, 4.69) is 33.9 Å². The Labute approximate surface area is 159 Å². The molecular formula is C19H37NO5Si. The molecule has 0 aliphatic carbocycles. The number of likely N-dealkylation sites (tertiary alicyclic amines) is 1. The van der Waals surface area contributed by atoms with Crippen molar-refractivity contribution >= 4 is 20.4 Å². The minimum atomic E-state index is -2.13. The summed E-state index contributed by atoms with van der Waals surface area (Å²) < 4.78 is 17.3. The van der Waals surface area contributed by atoms with Gasteiger partial charge in [0.25, 0.3) is 0 Å². The van der Waals surface area contributed by atoms with Gasteiger partial charge in [-0.05, 0) is 52.8 Å². The highest BCUT2D eigenvalue weighted by atomic mass is 28.4. The second-order valence-corrected chi connectivity index (χ2v) is 14.6. The number of ether oxygens (including phenoxy) is 2. The fourth-order valence-electron chi connectivity index (χ4n) is 2.62.